The van der Waals surface area contributed by atoms with Gasteiger partial charge in [0.05, 0.1) is 13.2 Å². The van der Waals surface area contributed by atoms with Crippen molar-refractivity contribution in [3.8, 4) is 0 Å². The molecule has 0 aromatic heterocycles. The molecule has 4 unspecified atom stereocenters. The molecule has 0 heterocycles. The lowest BCUT2D eigenvalue weighted by molar-refractivity contribution is 0.172. The molecule has 1 heteroatoms. The Morgan fingerprint density at radius 3 is 1.37 bits per heavy atom. The molecule has 0 saturated heterocycles. The summed E-state index contributed by atoms with van der Waals surface area (Å²) in [5.41, 5.74) is 9.04. The summed E-state index contributed by atoms with van der Waals surface area (Å²) in [6.45, 7) is 11.0. The fourth-order valence-corrected chi connectivity index (χ4v) is 6.97. The molecular formula is C40H58O. The van der Waals surface area contributed by atoms with Crippen LogP contribution in [-0.2, 0) is 17.6 Å². The quantitative estimate of drug-likeness (QED) is 0.187. The van der Waals surface area contributed by atoms with E-state index >= 15 is 0 Å². The average molecular weight is 555 g/mol. The Kier molecular flexibility index (Phi) is 13.3. The van der Waals surface area contributed by atoms with Crippen molar-refractivity contribution in [1.29, 1.82) is 0 Å². The zero-order valence-electron chi connectivity index (χ0n) is 26.8. The summed E-state index contributed by atoms with van der Waals surface area (Å²) < 4.78 is 6.22. The van der Waals surface area contributed by atoms with Gasteiger partial charge in [0.15, 0.2) is 0 Å². The lowest BCUT2D eigenvalue weighted by Crippen LogP contribution is -2.11. The topological polar surface area (TPSA) is 9.23 Å². The minimum atomic E-state index is 0.670. The molecule has 0 N–H and O–H groups in total. The van der Waals surface area contributed by atoms with Crippen LogP contribution in [0.3, 0.4) is 0 Å². The van der Waals surface area contributed by atoms with Crippen LogP contribution >= 0.6 is 0 Å². The second-order valence-corrected chi connectivity index (χ2v) is 13.5. The monoisotopic (exact) mass is 554 g/mol. The SMILES string of the molecule is CCCC(C)CCc1ccc(C2CC=C(COCC3=CCC(c4ccc(CCC(C)CCC)cc4)CC3)CC2)cc1. The second-order valence-electron chi connectivity index (χ2n) is 13.5. The van der Waals surface area contributed by atoms with Crippen molar-refractivity contribution in [1.82, 2.24) is 0 Å². The van der Waals surface area contributed by atoms with Gasteiger partial charge in [-0.2, -0.15) is 0 Å². The number of ether oxygens (including phenoxy) is 1. The van der Waals surface area contributed by atoms with Crippen LogP contribution in [0.5, 0.6) is 0 Å². The van der Waals surface area contributed by atoms with Gasteiger partial charge in [0.25, 0.3) is 0 Å². The van der Waals surface area contributed by atoms with Gasteiger partial charge in [-0.15, -0.1) is 0 Å². The van der Waals surface area contributed by atoms with E-state index in [1.165, 1.54) is 110 Å². The van der Waals surface area contributed by atoms with Crippen molar-refractivity contribution < 1.29 is 4.74 Å². The van der Waals surface area contributed by atoms with Crippen LogP contribution < -0.4 is 0 Å². The van der Waals surface area contributed by atoms with Gasteiger partial charge in [0.2, 0.25) is 0 Å². The minimum absolute atomic E-state index is 0.670. The third kappa shape index (κ3) is 10.6. The fraction of sp³-hybridized carbons (Fsp3) is 0.600. The van der Waals surface area contributed by atoms with Gasteiger partial charge in [-0.1, -0.05) is 114 Å². The van der Waals surface area contributed by atoms with Crippen LogP contribution in [0.2, 0.25) is 0 Å². The Bertz CT molecular complexity index is 985. The van der Waals surface area contributed by atoms with Gasteiger partial charge in [-0.3, -0.25) is 0 Å². The minimum Gasteiger partial charge on any atom is -0.373 e. The molecule has 0 amide bonds. The lowest BCUT2D eigenvalue weighted by Gasteiger charge is -2.24. The number of hydrogen-bond donors (Lipinski definition) is 0. The molecule has 4 rings (SSSR count). The first-order valence-electron chi connectivity index (χ1n) is 17.1. The largest absolute Gasteiger partial charge is 0.373 e. The molecule has 2 aromatic carbocycles. The molecule has 2 aromatic rings. The maximum Gasteiger partial charge on any atom is 0.0681 e. The van der Waals surface area contributed by atoms with Crippen LogP contribution in [0.25, 0.3) is 0 Å². The fourth-order valence-electron chi connectivity index (χ4n) is 6.97. The molecule has 0 saturated carbocycles. The molecule has 0 bridgehead atoms. The maximum absolute atomic E-state index is 6.22. The molecule has 41 heavy (non-hydrogen) atoms. The van der Waals surface area contributed by atoms with Gasteiger partial charge in [-0.05, 0) is 121 Å². The number of allylic oxidation sites excluding steroid dienone is 2. The molecule has 2 aliphatic carbocycles. The first-order chi connectivity index (χ1) is 20.0. The zero-order chi connectivity index (χ0) is 28.9. The summed E-state index contributed by atoms with van der Waals surface area (Å²) in [7, 11) is 0. The van der Waals surface area contributed by atoms with Gasteiger partial charge in [0.1, 0.15) is 0 Å². The molecular weight excluding hydrogens is 496 g/mol. The predicted molar refractivity (Wildman–Crippen MR) is 178 cm³/mol. The summed E-state index contributed by atoms with van der Waals surface area (Å²) >= 11 is 0. The maximum atomic E-state index is 6.22. The van der Waals surface area contributed by atoms with Crippen LogP contribution in [0.4, 0.5) is 0 Å². The summed E-state index contributed by atoms with van der Waals surface area (Å²) in [5.74, 6) is 3.02. The first kappa shape index (κ1) is 31.8. The number of aryl methyl sites for hydroxylation is 2. The van der Waals surface area contributed by atoms with Crippen molar-refractivity contribution >= 4 is 0 Å². The summed E-state index contributed by atoms with van der Waals surface area (Å²) in [6.07, 6.45) is 22.5. The number of rotatable bonds is 16. The Morgan fingerprint density at radius 1 is 0.610 bits per heavy atom. The Balaban J connectivity index is 1.14. The highest BCUT2D eigenvalue weighted by Crippen LogP contribution is 2.34. The second kappa shape index (κ2) is 17.1. The standard InChI is InChI=1S/C40H58O/c1-5-7-31(3)9-11-33-13-21-37(22-14-33)39-25-17-35(18-26-39)29-41-30-36-19-27-40(28-20-36)38-23-15-34(16-24-38)12-10-32(4)8-6-2/h13-17,19,21-24,31-32,39-40H,5-12,18,20,25-30H2,1-4H3. The van der Waals surface area contributed by atoms with Gasteiger partial charge < -0.3 is 4.74 Å². The molecule has 0 spiro atoms. The molecule has 224 valence electrons. The molecule has 0 radical (unpaired) electrons. The van der Waals surface area contributed by atoms with E-state index < -0.39 is 0 Å². The third-order valence-corrected chi connectivity index (χ3v) is 9.90. The molecule has 2 aliphatic rings. The number of benzene rings is 2. The summed E-state index contributed by atoms with van der Waals surface area (Å²) in [6, 6.07) is 19.1. The highest BCUT2D eigenvalue weighted by atomic mass is 16.5. The van der Waals surface area contributed by atoms with E-state index in [0.717, 1.165) is 37.9 Å². The van der Waals surface area contributed by atoms with E-state index in [1.807, 2.05) is 0 Å². The molecule has 4 atom stereocenters. The van der Waals surface area contributed by atoms with Crippen LogP contribution in [0.1, 0.15) is 139 Å². The van der Waals surface area contributed by atoms with Gasteiger partial charge in [-0.25, -0.2) is 0 Å². The lowest BCUT2D eigenvalue weighted by atomic mass is 9.84. The third-order valence-electron chi connectivity index (χ3n) is 9.90. The zero-order valence-corrected chi connectivity index (χ0v) is 26.8. The Labute approximate surface area is 252 Å². The van der Waals surface area contributed by atoms with Crippen LogP contribution in [0.15, 0.2) is 71.8 Å². The highest BCUT2D eigenvalue weighted by molar-refractivity contribution is 5.29. The van der Waals surface area contributed by atoms with E-state index in [9.17, 15) is 0 Å². The Morgan fingerprint density at radius 2 is 1.02 bits per heavy atom. The van der Waals surface area contributed by atoms with Crippen molar-refractivity contribution in [3.63, 3.8) is 0 Å². The normalized spacial score (nSPS) is 20.8. The highest BCUT2D eigenvalue weighted by Gasteiger charge is 2.19. The average Bonchev–Trinajstić information content (AvgIpc) is 3.01. The van der Waals surface area contributed by atoms with E-state index in [1.54, 1.807) is 0 Å². The van der Waals surface area contributed by atoms with E-state index in [2.05, 4.69) is 88.4 Å². The van der Waals surface area contributed by atoms with E-state index in [4.69, 9.17) is 4.74 Å². The van der Waals surface area contributed by atoms with Gasteiger partial charge >= 0.3 is 0 Å². The molecule has 1 nitrogen and oxygen atoms in total. The van der Waals surface area contributed by atoms with Crippen LogP contribution in [0, 0.1) is 11.8 Å². The molecule has 0 fully saturated rings. The Hall–Kier alpha value is -2.12. The first-order valence-corrected chi connectivity index (χ1v) is 17.1. The van der Waals surface area contributed by atoms with Crippen LogP contribution in [-0.4, -0.2) is 13.2 Å². The van der Waals surface area contributed by atoms with Crippen molar-refractivity contribution in [2.45, 2.75) is 129 Å². The van der Waals surface area contributed by atoms with Crippen molar-refractivity contribution in [3.05, 3.63) is 94.1 Å². The summed E-state index contributed by atoms with van der Waals surface area (Å²) in [4.78, 5) is 0. The summed E-state index contributed by atoms with van der Waals surface area (Å²) in [5, 5.41) is 0. The van der Waals surface area contributed by atoms with Crippen molar-refractivity contribution in [2.75, 3.05) is 13.2 Å². The number of hydrogen-bond acceptors (Lipinski definition) is 1. The smallest absolute Gasteiger partial charge is 0.0681 e. The van der Waals surface area contributed by atoms with E-state index in [0.29, 0.717) is 11.8 Å². The van der Waals surface area contributed by atoms with Gasteiger partial charge in [0, 0.05) is 0 Å². The predicted octanol–water partition coefficient (Wildman–Crippen LogP) is 11.5. The van der Waals surface area contributed by atoms with E-state index in [-0.39, 0.29) is 0 Å². The van der Waals surface area contributed by atoms with Crippen molar-refractivity contribution in [2.24, 2.45) is 11.8 Å². The molecule has 0 aliphatic heterocycles.